The van der Waals surface area contributed by atoms with Crippen LogP contribution >= 0.6 is 11.8 Å². The average molecular weight is 415 g/mol. The Bertz CT molecular complexity index is 502. The molecule has 0 aromatic carbocycles. The average Bonchev–Trinajstić information content (AvgIpc) is 3.15. The largest absolute Gasteiger partial charge is 0.355 e. The van der Waals surface area contributed by atoms with Gasteiger partial charge in [0.05, 0.1) is 16.7 Å². The number of Topliss-reactive ketones (excluding diaryl/α,β-unsaturated/α-hetero) is 2. The molecule has 0 aliphatic carbocycles. The lowest BCUT2D eigenvalue weighted by Gasteiger charge is -2.13. The van der Waals surface area contributed by atoms with E-state index < -0.39 is 11.8 Å². The van der Waals surface area contributed by atoms with Crippen molar-refractivity contribution in [1.29, 1.82) is 0 Å². The van der Waals surface area contributed by atoms with Gasteiger partial charge in [-0.3, -0.25) is 14.4 Å². The number of nitrogens with one attached hydrogen (secondary N) is 2. The summed E-state index contributed by atoms with van der Waals surface area (Å²) in [4.78, 5) is 35.9. The van der Waals surface area contributed by atoms with Crippen LogP contribution in [0.25, 0.3) is 0 Å². The first kappa shape index (κ1) is 25.1. The van der Waals surface area contributed by atoms with Gasteiger partial charge in [-0.15, -0.1) is 11.8 Å². The summed E-state index contributed by atoms with van der Waals surface area (Å²) in [6.07, 6.45) is 6.83. The van der Waals surface area contributed by atoms with E-state index >= 15 is 0 Å². The van der Waals surface area contributed by atoms with Gasteiger partial charge < -0.3 is 22.1 Å². The third-order valence-corrected chi connectivity index (χ3v) is 6.44. The van der Waals surface area contributed by atoms with E-state index in [1.165, 1.54) is 0 Å². The fourth-order valence-electron chi connectivity index (χ4n) is 3.03. The van der Waals surface area contributed by atoms with E-state index in [-0.39, 0.29) is 34.7 Å². The van der Waals surface area contributed by atoms with Crippen LogP contribution in [0.2, 0.25) is 0 Å². The molecule has 1 aliphatic heterocycles. The maximum atomic E-state index is 12.2. The highest BCUT2D eigenvalue weighted by molar-refractivity contribution is 8.01. The van der Waals surface area contributed by atoms with Crippen LogP contribution in [0, 0.1) is 5.92 Å². The first-order valence-corrected chi connectivity index (χ1v) is 11.5. The van der Waals surface area contributed by atoms with Gasteiger partial charge in [0, 0.05) is 19.5 Å². The van der Waals surface area contributed by atoms with Crippen molar-refractivity contribution in [3.05, 3.63) is 0 Å². The lowest BCUT2D eigenvalue weighted by molar-refractivity contribution is -0.137. The molecule has 162 valence electrons. The van der Waals surface area contributed by atoms with Crippen LogP contribution in [0.3, 0.4) is 0 Å². The first-order valence-electron chi connectivity index (χ1n) is 10.6. The highest BCUT2D eigenvalue weighted by Gasteiger charge is 2.29. The zero-order chi connectivity index (χ0) is 20.9. The molecule has 0 aromatic rings. The lowest BCUT2D eigenvalue weighted by atomic mass is 9.96. The summed E-state index contributed by atoms with van der Waals surface area (Å²) in [5, 5.41) is 6.64. The molecule has 0 saturated carbocycles. The van der Waals surface area contributed by atoms with Crippen LogP contribution in [0.1, 0.15) is 65.2 Å². The van der Waals surface area contributed by atoms with Gasteiger partial charge in [0.2, 0.25) is 11.7 Å². The zero-order valence-corrected chi connectivity index (χ0v) is 18.2. The molecular weight excluding hydrogens is 376 g/mol. The minimum absolute atomic E-state index is 0.0157. The van der Waals surface area contributed by atoms with Gasteiger partial charge >= 0.3 is 0 Å². The van der Waals surface area contributed by atoms with Crippen LogP contribution in [-0.4, -0.2) is 53.8 Å². The maximum Gasteiger partial charge on any atom is 0.234 e. The summed E-state index contributed by atoms with van der Waals surface area (Å²) in [6.45, 7) is 5.81. The summed E-state index contributed by atoms with van der Waals surface area (Å²) >= 11 is 1.68. The summed E-state index contributed by atoms with van der Waals surface area (Å²) in [6, 6.07) is -0.685. The topological polar surface area (TPSA) is 127 Å². The third kappa shape index (κ3) is 9.49. The van der Waals surface area contributed by atoms with Crippen LogP contribution in [-0.2, 0) is 14.4 Å². The number of ketones is 2. The maximum absolute atomic E-state index is 12.2. The molecule has 1 heterocycles. The Morgan fingerprint density at radius 1 is 1.11 bits per heavy atom. The van der Waals surface area contributed by atoms with Gasteiger partial charge in [0.15, 0.2) is 5.78 Å². The van der Waals surface area contributed by atoms with Gasteiger partial charge in [0.25, 0.3) is 0 Å². The predicted molar refractivity (Wildman–Crippen MR) is 115 cm³/mol. The Balaban J connectivity index is 2.10. The molecule has 8 heteroatoms. The Morgan fingerprint density at radius 3 is 2.50 bits per heavy atom. The Morgan fingerprint density at radius 2 is 1.82 bits per heavy atom. The van der Waals surface area contributed by atoms with Crippen LogP contribution in [0.15, 0.2) is 0 Å². The molecule has 1 saturated heterocycles. The molecule has 0 spiro atoms. The lowest BCUT2D eigenvalue weighted by Crippen LogP contribution is -2.40. The molecule has 7 nitrogen and oxygen atoms in total. The van der Waals surface area contributed by atoms with Gasteiger partial charge in [-0.2, -0.15) is 0 Å². The number of amides is 1. The number of carbonyl (C=O) groups excluding carboxylic acids is 3. The van der Waals surface area contributed by atoms with Gasteiger partial charge in [-0.25, -0.2) is 0 Å². The van der Waals surface area contributed by atoms with E-state index in [4.69, 9.17) is 11.5 Å². The number of unbranched alkanes of at least 4 members (excludes halogenated alkanes) is 4. The van der Waals surface area contributed by atoms with Crippen molar-refractivity contribution in [3.8, 4) is 0 Å². The smallest absolute Gasteiger partial charge is 0.234 e. The van der Waals surface area contributed by atoms with E-state index in [2.05, 4.69) is 10.6 Å². The minimum Gasteiger partial charge on any atom is -0.355 e. The molecule has 1 rings (SSSR count). The molecule has 0 aromatic heterocycles. The fraction of sp³-hybridized carbons (Fsp3) is 0.850. The van der Waals surface area contributed by atoms with Crippen LogP contribution in [0.4, 0.5) is 0 Å². The molecule has 0 radical (unpaired) electrons. The van der Waals surface area contributed by atoms with Crippen molar-refractivity contribution >= 4 is 29.2 Å². The van der Waals surface area contributed by atoms with E-state index in [0.29, 0.717) is 26.1 Å². The molecule has 0 bridgehead atoms. The number of carbonyl (C=O) groups is 3. The molecule has 6 N–H and O–H groups in total. The van der Waals surface area contributed by atoms with Crippen molar-refractivity contribution in [1.82, 2.24) is 10.6 Å². The summed E-state index contributed by atoms with van der Waals surface area (Å²) in [5.41, 5.74) is 11.2. The normalized spacial score (nSPS) is 20.3. The quantitative estimate of drug-likeness (QED) is 0.235. The molecule has 3 atom stereocenters. The number of rotatable bonds is 15. The van der Waals surface area contributed by atoms with Crippen molar-refractivity contribution in [3.63, 3.8) is 0 Å². The molecule has 28 heavy (non-hydrogen) atoms. The SMILES string of the molecule is CC(C)[C@H](N)C(=O)C(=O)CCCCCC1NCC(C(=O)NCCCCCN)S1. The number of nitrogens with two attached hydrogens (primary N) is 2. The number of hydrogen-bond donors (Lipinski definition) is 4. The first-order chi connectivity index (χ1) is 13.4. The second-order valence-corrected chi connectivity index (χ2v) is 9.23. The standard InChI is InChI=1S/C20H38N4O3S/c1-14(2)18(22)19(26)15(25)9-5-3-6-10-17-24-13-16(28-17)20(27)23-12-8-4-7-11-21/h14,16-18,24H,3-13,21-22H2,1-2H3,(H,23,27)/t16?,17?,18-/m0/s1. The van der Waals surface area contributed by atoms with Gasteiger partial charge in [-0.05, 0) is 38.1 Å². The van der Waals surface area contributed by atoms with Crippen LogP contribution in [0.5, 0.6) is 0 Å². The molecular formula is C20H38N4O3S. The Labute approximate surface area is 173 Å². The van der Waals surface area contributed by atoms with Crippen molar-refractivity contribution < 1.29 is 14.4 Å². The second kappa shape index (κ2) is 14.1. The zero-order valence-electron chi connectivity index (χ0n) is 17.4. The van der Waals surface area contributed by atoms with E-state index in [0.717, 1.165) is 38.5 Å². The molecule has 2 unspecified atom stereocenters. The van der Waals surface area contributed by atoms with Gasteiger partial charge in [0.1, 0.15) is 0 Å². The van der Waals surface area contributed by atoms with Crippen molar-refractivity contribution in [2.75, 3.05) is 19.6 Å². The van der Waals surface area contributed by atoms with E-state index in [1.807, 2.05) is 13.8 Å². The van der Waals surface area contributed by atoms with Crippen molar-refractivity contribution in [2.45, 2.75) is 81.9 Å². The molecule has 1 fully saturated rings. The molecule has 1 aliphatic rings. The highest BCUT2D eigenvalue weighted by Crippen LogP contribution is 2.26. The monoisotopic (exact) mass is 414 g/mol. The van der Waals surface area contributed by atoms with Crippen LogP contribution < -0.4 is 22.1 Å². The number of thioether (sulfide) groups is 1. The Kier molecular flexibility index (Phi) is 12.6. The van der Waals surface area contributed by atoms with E-state index in [9.17, 15) is 14.4 Å². The minimum atomic E-state index is -0.685. The predicted octanol–water partition coefficient (Wildman–Crippen LogP) is 1.33. The third-order valence-electron chi connectivity index (χ3n) is 5.00. The summed E-state index contributed by atoms with van der Waals surface area (Å²) < 4.78 is 0. The van der Waals surface area contributed by atoms with E-state index in [1.54, 1.807) is 11.8 Å². The summed E-state index contributed by atoms with van der Waals surface area (Å²) in [7, 11) is 0. The Hall–Kier alpha value is -0.960. The fourth-order valence-corrected chi connectivity index (χ4v) is 4.32. The molecule has 1 amide bonds. The number of hydrogen-bond acceptors (Lipinski definition) is 7. The summed E-state index contributed by atoms with van der Waals surface area (Å²) in [5.74, 6) is -0.700. The highest BCUT2D eigenvalue weighted by atomic mass is 32.2. The van der Waals surface area contributed by atoms with Crippen molar-refractivity contribution in [2.24, 2.45) is 17.4 Å². The van der Waals surface area contributed by atoms with Gasteiger partial charge in [-0.1, -0.05) is 33.1 Å². The second-order valence-electron chi connectivity index (χ2n) is 7.82.